The number of hydrogen-bond donors (Lipinski definition) is 2. The van der Waals surface area contributed by atoms with Gasteiger partial charge >= 0.3 is 0 Å². The molecule has 26 heavy (non-hydrogen) atoms. The van der Waals surface area contributed by atoms with Crippen LogP contribution in [0.1, 0.15) is 50.5 Å². The maximum absolute atomic E-state index is 13.2. The van der Waals surface area contributed by atoms with Crippen LogP contribution in [-0.4, -0.2) is 34.2 Å². The molecule has 2 heterocycles. The molecule has 0 atom stereocenters. The second-order valence-corrected chi connectivity index (χ2v) is 7.72. The highest BCUT2D eigenvalue weighted by Gasteiger charge is 2.43. The van der Waals surface area contributed by atoms with Gasteiger partial charge in [-0.3, -0.25) is 10.1 Å². The molecule has 2 aromatic rings. The lowest BCUT2D eigenvalue weighted by molar-refractivity contribution is -0.121. The van der Waals surface area contributed by atoms with Crippen LogP contribution < -0.4 is 10.2 Å². The molecule has 1 amide bonds. The highest BCUT2D eigenvalue weighted by atomic mass is 35.5. The smallest absolute Gasteiger partial charge is 0.246 e. The molecule has 7 heteroatoms. The second-order valence-electron chi connectivity index (χ2n) is 7.28. The van der Waals surface area contributed by atoms with Crippen LogP contribution in [0.5, 0.6) is 0 Å². The van der Waals surface area contributed by atoms with Gasteiger partial charge < -0.3 is 4.90 Å². The van der Waals surface area contributed by atoms with E-state index in [2.05, 4.69) is 25.4 Å². The summed E-state index contributed by atoms with van der Waals surface area (Å²) in [6, 6.07) is 7.64. The summed E-state index contributed by atoms with van der Waals surface area (Å²) in [7, 11) is 0. The Balaban J connectivity index is 1.52. The highest BCUT2D eigenvalue weighted by molar-refractivity contribution is 6.30. The molecule has 4 rings (SSSR count). The summed E-state index contributed by atoms with van der Waals surface area (Å²) in [6.07, 6.45) is 7.36. The van der Waals surface area contributed by atoms with E-state index < -0.39 is 5.41 Å². The standard InChI is InChI=1S/C19H24ClN5O/c20-15-8-6-14(7-9-15)19(10-2-3-11-19)16(26)21-17-22-18(24-23-17)25-12-4-1-5-13-25/h6-9H,1-5,10-13H2,(H2,21,22,23,24,26). The van der Waals surface area contributed by atoms with E-state index in [-0.39, 0.29) is 5.91 Å². The van der Waals surface area contributed by atoms with Crippen molar-refractivity contribution in [1.82, 2.24) is 15.2 Å². The molecule has 1 aliphatic carbocycles. The summed E-state index contributed by atoms with van der Waals surface area (Å²) in [5, 5.41) is 10.8. The molecule has 2 aliphatic rings. The predicted octanol–water partition coefficient (Wildman–Crippen LogP) is 3.90. The quantitative estimate of drug-likeness (QED) is 0.852. The number of benzene rings is 1. The van der Waals surface area contributed by atoms with E-state index in [0.29, 0.717) is 16.9 Å². The van der Waals surface area contributed by atoms with E-state index >= 15 is 0 Å². The molecule has 0 bridgehead atoms. The van der Waals surface area contributed by atoms with Crippen LogP contribution in [0.3, 0.4) is 0 Å². The van der Waals surface area contributed by atoms with Gasteiger partial charge in [0.2, 0.25) is 17.8 Å². The number of rotatable bonds is 4. The Morgan fingerprint density at radius 3 is 2.46 bits per heavy atom. The van der Waals surface area contributed by atoms with Gasteiger partial charge in [-0.25, -0.2) is 5.10 Å². The third-order valence-corrected chi connectivity index (χ3v) is 5.88. The molecule has 138 valence electrons. The van der Waals surface area contributed by atoms with Crippen LogP contribution in [0.4, 0.5) is 11.9 Å². The van der Waals surface area contributed by atoms with Crippen LogP contribution in [-0.2, 0) is 10.2 Å². The molecule has 1 aromatic heterocycles. The Labute approximate surface area is 158 Å². The molecule has 0 spiro atoms. The number of nitrogens with zero attached hydrogens (tertiary/aromatic N) is 3. The van der Waals surface area contributed by atoms with Crippen molar-refractivity contribution in [3.05, 3.63) is 34.9 Å². The molecule has 1 saturated heterocycles. The molecule has 1 saturated carbocycles. The molecular weight excluding hydrogens is 350 g/mol. The monoisotopic (exact) mass is 373 g/mol. The van der Waals surface area contributed by atoms with Gasteiger partial charge in [-0.05, 0) is 49.8 Å². The van der Waals surface area contributed by atoms with Crippen molar-refractivity contribution in [1.29, 1.82) is 0 Å². The minimum Gasteiger partial charge on any atom is -0.340 e. The van der Waals surface area contributed by atoms with E-state index in [1.807, 2.05) is 24.3 Å². The number of carbonyl (C=O) groups is 1. The fourth-order valence-corrected chi connectivity index (χ4v) is 4.29. The average molecular weight is 374 g/mol. The number of anilines is 2. The third-order valence-electron chi connectivity index (χ3n) is 5.63. The first-order chi connectivity index (χ1) is 12.7. The van der Waals surface area contributed by atoms with Gasteiger partial charge in [-0.15, -0.1) is 5.10 Å². The Hall–Kier alpha value is -2.08. The van der Waals surface area contributed by atoms with Gasteiger partial charge in [0.05, 0.1) is 5.41 Å². The van der Waals surface area contributed by atoms with Gasteiger partial charge in [0.25, 0.3) is 0 Å². The summed E-state index contributed by atoms with van der Waals surface area (Å²) >= 11 is 6.02. The van der Waals surface area contributed by atoms with Crippen LogP contribution in [0.25, 0.3) is 0 Å². The molecule has 2 N–H and O–H groups in total. The normalized spacial score (nSPS) is 19.5. The van der Waals surface area contributed by atoms with E-state index in [9.17, 15) is 4.79 Å². The summed E-state index contributed by atoms with van der Waals surface area (Å²) in [5.74, 6) is 1.08. The van der Waals surface area contributed by atoms with Gasteiger partial charge in [-0.2, -0.15) is 4.98 Å². The Kier molecular flexibility index (Phi) is 4.85. The molecule has 6 nitrogen and oxygen atoms in total. The Morgan fingerprint density at radius 2 is 1.77 bits per heavy atom. The zero-order valence-electron chi connectivity index (χ0n) is 14.8. The Morgan fingerprint density at radius 1 is 1.08 bits per heavy atom. The second kappa shape index (κ2) is 7.27. The molecule has 0 radical (unpaired) electrons. The SMILES string of the molecule is O=C(Nc1nc(N2CCCCC2)n[nH]1)C1(c2ccc(Cl)cc2)CCCC1. The number of H-pyrrole nitrogens is 1. The maximum atomic E-state index is 13.2. The molecular formula is C19H24ClN5O. The fraction of sp³-hybridized carbons (Fsp3) is 0.526. The van der Waals surface area contributed by atoms with Crippen molar-refractivity contribution < 1.29 is 4.79 Å². The van der Waals surface area contributed by atoms with Gasteiger partial charge in [0.15, 0.2) is 0 Å². The zero-order valence-corrected chi connectivity index (χ0v) is 15.6. The average Bonchev–Trinajstić information content (AvgIpc) is 3.33. The largest absolute Gasteiger partial charge is 0.340 e. The van der Waals surface area contributed by atoms with Crippen molar-refractivity contribution in [3.63, 3.8) is 0 Å². The first-order valence-electron chi connectivity index (χ1n) is 9.42. The van der Waals surface area contributed by atoms with Crippen molar-refractivity contribution in [2.24, 2.45) is 0 Å². The minimum absolute atomic E-state index is 0.0151. The predicted molar refractivity (Wildman–Crippen MR) is 103 cm³/mol. The number of aromatic nitrogens is 3. The minimum atomic E-state index is -0.511. The molecule has 0 unspecified atom stereocenters. The van der Waals surface area contributed by atoms with Gasteiger partial charge in [-0.1, -0.05) is 36.6 Å². The highest BCUT2D eigenvalue weighted by Crippen LogP contribution is 2.42. The summed E-state index contributed by atoms with van der Waals surface area (Å²) < 4.78 is 0. The van der Waals surface area contributed by atoms with E-state index in [4.69, 9.17) is 11.6 Å². The van der Waals surface area contributed by atoms with E-state index in [1.54, 1.807) is 0 Å². The number of halogens is 1. The zero-order chi connectivity index (χ0) is 18.0. The van der Waals surface area contributed by atoms with Crippen LogP contribution in [0, 0.1) is 0 Å². The summed E-state index contributed by atoms with van der Waals surface area (Å²) in [6.45, 7) is 1.94. The van der Waals surface area contributed by atoms with Crippen LogP contribution in [0.15, 0.2) is 24.3 Å². The molecule has 2 fully saturated rings. The number of carbonyl (C=O) groups excluding carboxylic acids is 1. The van der Waals surface area contributed by atoms with E-state index in [1.165, 1.54) is 6.42 Å². The summed E-state index contributed by atoms with van der Waals surface area (Å²) in [5.41, 5.74) is 0.510. The van der Waals surface area contributed by atoms with Crippen LogP contribution in [0.2, 0.25) is 5.02 Å². The first-order valence-corrected chi connectivity index (χ1v) is 9.80. The van der Waals surface area contributed by atoms with E-state index in [0.717, 1.165) is 57.2 Å². The number of amides is 1. The lowest BCUT2D eigenvalue weighted by atomic mass is 9.78. The third kappa shape index (κ3) is 3.30. The summed E-state index contributed by atoms with van der Waals surface area (Å²) in [4.78, 5) is 19.8. The lowest BCUT2D eigenvalue weighted by Gasteiger charge is -2.27. The van der Waals surface area contributed by atoms with Crippen LogP contribution >= 0.6 is 11.6 Å². The number of hydrogen-bond acceptors (Lipinski definition) is 4. The van der Waals surface area contributed by atoms with Crippen molar-refractivity contribution in [2.45, 2.75) is 50.4 Å². The Bertz CT molecular complexity index is 760. The fourth-order valence-electron chi connectivity index (χ4n) is 4.17. The number of piperidine rings is 1. The first kappa shape index (κ1) is 17.3. The molecule has 1 aromatic carbocycles. The maximum Gasteiger partial charge on any atom is 0.246 e. The topological polar surface area (TPSA) is 73.9 Å². The van der Waals surface area contributed by atoms with Crippen molar-refractivity contribution >= 4 is 29.4 Å². The van der Waals surface area contributed by atoms with Gasteiger partial charge in [0.1, 0.15) is 0 Å². The van der Waals surface area contributed by atoms with Crippen molar-refractivity contribution in [2.75, 3.05) is 23.3 Å². The lowest BCUT2D eigenvalue weighted by Crippen LogP contribution is -2.38. The number of aromatic amines is 1. The number of nitrogens with one attached hydrogen (secondary N) is 2. The van der Waals surface area contributed by atoms with Gasteiger partial charge in [0, 0.05) is 18.1 Å². The molecule has 1 aliphatic heterocycles. The van der Waals surface area contributed by atoms with Crippen molar-refractivity contribution in [3.8, 4) is 0 Å².